The highest BCUT2D eigenvalue weighted by atomic mass is 16.4. The molecule has 0 saturated carbocycles. The topological polar surface area (TPSA) is 50.2 Å². The standard InChI is InChI=1S/C15H11NO2/c17-15(18)12-4-3-10-5-6-14-11(2-1-7-16-14)8-13(10)9-12/h1-5,7-9H,6H2,(H,17,18). The molecule has 2 aromatic rings. The van der Waals surface area contributed by atoms with Crippen LogP contribution in [0.3, 0.4) is 0 Å². The Morgan fingerprint density at radius 2 is 2.11 bits per heavy atom. The number of rotatable bonds is 1. The summed E-state index contributed by atoms with van der Waals surface area (Å²) in [6, 6.07) is 9.08. The SMILES string of the molecule is O=C(O)c1ccc2c(c1)=Cc1cccnc1CC=2. The Labute approximate surface area is 104 Å². The molecular weight excluding hydrogens is 226 g/mol. The molecular formula is C15H11NO2. The molecule has 3 nitrogen and oxygen atoms in total. The van der Waals surface area contributed by atoms with Crippen molar-refractivity contribution in [3.63, 3.8) is 0 Å². The lowest BCUT2D eigenvalue weighted by Gasteiger charge is -1.98. The number of nitrogens with zero attached hydrogens (tertiary/aromatic N) is 1. The van der Waals surface area contributed by atoms with Gasteiger partial charge in [0.2, 0.25) is 0 Å². The van der Waals surface area contributed by atoms with Gasteiger partial charge in [0.05, 0.1) is 11.3 Å². The number of carboxylic acid groups (broad SMARTS) is 1. The number of hydrogen-bond acceptors (Lipinski definition) is 2. The predicted octanol–water partition coefficient (Wildman–Crippen LogP) is 0.945. The molecule has 0 radical (unpaired) electrons. The molecule has 1 aliphatic carbocycles. The third-order valence-corrected chi connectivity index (χ3v) is 3.09. The first-order valence-corrected chi connectivity index (χ1v) is 5.73. The Balaban J connectivity index is 2.29. The van der Waals surface area contributed by atoms with Gasteiger partial charge in [0.15, 0.2) is 0 Å². The number of fused-ring (bicyclic) bond motifs is 2. The highest BCUT2D eigenvalue weighted by Gasteiger charge is 2.05. The second-order valence-corrected chi connectivity index (χ2v) is 4.24. The smallest absolute Gasteiger partial charge is 0.335 e. The lowest BCUT2D eigenvalue weighted by Crippen LogP contribution is -2.25. The molecule has 3 rings (SSSR count). The normalized spacial score (nSPS) is 12.4. The van der Waals surface area contributed by atoms with Crippen LogP contribution in [0.25, 0.3) is 12.2 Å². The lowest BCUT2D eigenvalue weighted by molar-refractivity contribution is 0.0697. The van der Waals surface area contributed by atoms with Crippen LogP contribution in [0.2, 0.25) is 0 Å². The van der Waals surface area contributed by atoms with Crippen molar-refractivity contribution in [2.45, 2.75) is 6.42 Å². The predicted molar refractivity (Wildman–Crippen MR) is 68.6 cm³/mol. The summed E-state index contributed by atoms with van der Waals surface area (Å²) in [5, 5.41) is 11.0. The van der Waals surface area contributed by atoms with Crippen LogP contribution in [-0.2, 0) is 6.42 Å². The first kappa shape index (κ1) is 10.7. The largest absolute Gasteiger partial charge is 0.478 e. The number of aromatic nitrogens is 1. The number of pyridine rings is 1. The third kappa shape index (κ3) is 1.80. The fraction of sp³-hybridized carbons (Fsp3) is 0.0667. The van der Waals surface area contributed by atoms with E-state index < -0.39 is 5.97 Å². The van der Waals surface area contributed by atoms with Crippen molar-refractivity contribution in [3.8, 4) is 0 Å². The van der Waals surface area contributed by atoms with E-state index in [2.05, 4.69) is 11.1 Å². The van der Waals surface area contributed by atoms with Crippen LogP contribution in [0, 0.1) is 0 Å². The number of hydrogen-bond donors (Lipinski definition) is 1. The van der Waals surface area contributed by atoms with Crippen LogP contribution in [0.1, 0.15) is 21.6 Å². The van der Waals surface area contributed by atoms with Crippen molar-refractivity contribution in [3.05, 3.63) is 63.8 Å². The zero-order valence-electron chi connectivity index (χ0n) is 9.63. The van der Waals surface area contributed by atoms with E-state index in [1.807, 2.05) is 24.3 Å². The maximum Gasteiger partial charge on any atom is 0.335 e. The minimum atomic E-state index is -0.901. The van der Waals surface area contributed by atoms with Gasteiger partial charge >= 0.3 is 5.97 Å². The number of benzene rings is 1. The molecule has 1 N–H and O–H groups in total. The Morgan fingerprint density at radius 1 is 1.22 bits per heavy atom. The van der Waals surface area contributed by atoms with E-state index in [0.29, 0.717) is 5.56 Å². The summed E-state index contributed by atoms with van der Waals surface area (Å²) in [6.07, 6.45) is 6.62. The summed E-state index contributed by atoms with van der Waals surface area (Å²) in [4.78, 5) is 15.3. The second-order valence-electron chi connectivity index (χ2n) is 4.24. The maximum atomic E-state index is 11.0. The van der Waals surface area contributed by atoms with E-state index in [9.17, 15) is 4.79 Å². The van der Waals surface area contributed by atoms with Gasteiger partial charge in [-0.15, -0.1) is 0 Å². The van der Waals surface area contributed by atoms with Crippen molar-refractivity contribution < 1.29 is 9.90 Å². The summed E-state index contributed by atoms with van der Waals surface area (Å²) in [5.41, 5.74) is 2.38. The zero-order valence-corrected chi connectivity index (χ0v) is 9.63. The van der Waals surface area contributed by atoms with Gasteiger partial charge in [-0.25, -0.2) is 4.79 Å². The van der Waals surface area contributed by atoms with Crippen molar-refractivity contribution in [1.29, 1.82) is 0 Å². The van der Waals surface area contributed by atoms with Gasteiger partial charge in [0.25, 0.3) is 0 Å². The first-order valence-electron chi connectivity index (χ1n) is 5.73. The van der Waals surface area contributed by atoms with Crippen molar-refractivity contribution in [1.82, 2.24) is 4.98 Å². The Hall–Kier alpha value is -2.42. The van der Waals surface area contributed by atoms with Gasteiger partial charge in [-0.1, -0.05) is 18.2 Å². The van der Waals surface area contributed by atoms with Gasteiger partial charge < -0.3 is 5.11 Å². The summed E-state index contributed by atoms with van der Waals surface area (Å²) in [7, 11) is 0. The highest BCUT2D eigenvalue weighted by Crippen LogP contribution is 2.09. The Kier molecular flexibility index (Phi) is 2.45. The van der Waals surface area contributed by atoms with E-state index in [1.165, 1.54) is 0 Å². The number of carboxylic acids is 1. The fourth-order valence-electron chi connectivity index (χ4n) is 2.15. The van der Waals surface area contributed by atoms with Crippen LogP contribution < -0.4 is 10.4 Å². The average molecular weight is 237 g/mol. The number of carbonyl (C=O) groups is 1. The van der Waals surface area contributed by atoms with Crippen LogP contribution in [0.5, 0.6) is 0 Å². The van der Waals surface area contributed by atoms with E-state index in [1.54, 1.807) is 18.3 Å². The number of aromatic carboxylic acids is 1. The van der Waals surface area contributed by atoms with E-state index in [0.717, 1.165) is 28.1 Å². The molecule has 1 heterocycles. The van der Waals surface area contributed by atoms with Gasteiger partial charge in [-0.05, 0) is 40.3 Å². The van der Waals surface area contributed by atoms with Gasteiger partial charge in [-0.2, -0.15) is 0 Å². The molecule has 1 aromatic heterocycles. The molecule has 0 atom stereocenters. The minimum Gasteiger partial charge on any atom is -0.478 e. The van der Waals surface area contributed by atoms with Crippen LogP contribution in [0.4, 0.5) is 0 Å². The molecule has 88 valence electrons. The molecule has 0 fully saturated rings. The molecule has 0 aliphatic heterocycles. The molecule has 0 saturated heterocycles. The van der Waals surface area contributed by atoms with E-state index in [-0.39, 0.29) is 0 Å². The zero-order chi connectivity index (χ0) is 12.5. The monoisotopic (exact) mass is 237 g/mol. The van der Waals surface area contributed by atoms with Crippen LogP contribution >= 0.6 is 0 Å². The average Bonchev–Trinajstić information content (AvgIpc) is 2.56. The molecule has 0 bridgehead atoms. The fourth-order valence-corrected chi connectivity index (χ4v) is 2.15. The van der Waals surface area contributed by atoms with Crippen molar-refractivity contribution in [2.24, 2.45) is 0 Å². The lowest BCUT2D eigenvalue weighted by atomic mass is 10.1. The molecule has 1 aliphatic rings. The van der Waals surface area contributed by atoms with E-state index >= 15 is 0 Å². The van der Waals surface area contributed by atoms with Gasteiger partial charge in [-0.3, -0.25) is 4.98 Å². The quantitative estimate of drug-likeness (QED) is 0.803. The third-order valence-electron chi connectivity index (χ3n) is 3.09. The molecule has 0 unspecified atom stereocenters. The van der Waals surface area contributed by atoms with Crippen molar-refractivity contribution >= 4 is 18.1 Å². The van der Waals surface area contributed by atoms with Crippen molar-refractivity contribution in [2.75, 3.05) is 0 Å². The van der Waals surface area contributed by atoms with Crippen LogP contribution in [-0.4, -0.2) is 16.1 Å². The summed E-state index contributed by atoms with van der Waals surface area (Å²) < 4.78 is 0. The van der Waals surface area contributed by atoms with Gasteiger partial charge in [0.1, 0.15) is 0 Å². The molecule has 0 spiro atoms. The maximum absolute atomic E-state index is 11.0. The molecule has 18 heavy (non-hydrogen) atoms. The molecule has 0 amide bonds. The minimum absolute atomic E-state index is 0.311. The summed E-state index contributed by atoms with van der Waals surface area (Å²) >= 11 is 0. The highest BCUT2D eigenvalue weighted by molar-refractivity contribution is 5.87. The van der Waals surface area contributed by atoms with Crippen LogP contribution in [0.15, 0.2) is 36.5 Å². The first-order chi connectivity index (χ1) is 8.74. The summed E-state index contributed by atoms with van der Waals surface area (Å²) in [5.74, 6) is -0.901. The van der Waals surface area contributed by atoms with E-state index in [4.69, 9.17) is 5.11 Å². The second kappa shape index (κ2) is 4.11. The van der Waals surface area contributed by atoms with Gasteiger partial charge in [0, 0.05) is 12.6 Å². The molecule has 3 heteroatoms. The Bertz CT molecular complexity index is 747. The summed E-state index contributed by atoms with van der Waals surface area (Å²) in [6.45, 7) is 0. The Morgan fingerprint density at radius 3 is 2.94 bits per heavy atom. The molecule has 1 aromatic carbocycles.